The first-order valence-corrected chi connectivity index (χ1v) is 5.47. The van der Waals surface area contributed by atoms with Crippen molar-refractivity contribution in [2.24, 2.45) is 0 Å². The topological polar surface area (TPSA) is 43.8 Å². The Balaban J connectivity index is 2.51. The third kappa shape index (κ3) is 2.12. The highest BCUT2D eigenvalue weighted by Crippen LogP contribution is 2.18. The Morgan fingerprint density at radius 1 is 1.50 bits per heavy atom. The van der Waals surface area contributed by atoms with Gasteiger partial charge in [-0.2, -0.15) is 0 Å². The lowest BCUT2D eigenvalue weighted by molar-refractivity contribution is 0.993. The molecule has 2 N–H and O–H groups in total. The SMILES string of the molecule is CC1=CC=CC(n2c(N)ccnc2=S)=CC1. The van der Waals surface area contributed by atoms with Gasteiger partial charge in [0, 0.05) is 11.9 Å². The van der Waals surface area contributed by atoms with Crippen molar-refractivity contribution in [1.82, 2.24) is 9.55 Å². The first-order valence-electron chi connectivity index (χ1n) is 5.06. The summed E-state index contributed by atoms with van der Waals surface area (Å²) in [5.74, 6) is 0.607. The number of nitrogen functional groups attached to an aromatic ring is 1. The lowest BCUT2D eigenvalue weighted by atomic mass is 10.2. The lowest BCUT2D eigenvalue weighted by Gasteiger charge is -2.10. The smallest absolute Gasteiger partial charge is 0.205 e. The summed E-state index contributed by atoms with van der Waals surface area (Å²) in [7, 11) is 0. The van der Waals surface area contributed by atoms with Crippen molar-refractivity contribution in [3.8, 4) is 0 Å². The Morgan fingerprint density at radius 3 is 3.06 bits per heavy atom. The molecule has 3 nitrogen and oxygen atoms in total. The summed E-state index contributed by atoms with van der Waals surface area (Å²) < 4.78 is 2.26. The summed E-state index contributed by atoms with van der Waals surface area (Å²) in [6.07, 6.45) is 10.7. The molecule has 4 heteroatoms. The van der Waals surface area contributed by atoms with Gasteiger partial charge < -0.3 is 5.73 Å². The van der Waals surface area contributed by atoms with Gasteiger partial charge in [-0.05, 0) is 37.7 Å². The van der Waals surface area contributed by atoms with Gasteiger partial charge in [0.1, 0.15) is 5.82 Å². The van der Waals surface area contributed by atoms with Gasteiger partial charge >= 0.3 is 0 Å². The summed E-state index contributed by atoms with van der Waals surface area (Å²) in [6, 6.07) is 1.75. The second kappa shape index (κ2) is 4.45. The van der Waals surface area contributed by atoms with Crippen LogP contribution in [0.1, 0.15) is 13.3 Å². The standard InChI is InChI=1S/C12H13N3S/c1-9-3-2-4-10(6-5-9)15-11(13)7-8-14-12(15)16/h2-4,6-8H,5,13H2,1H3. The van der Waals surface area contributed by atoms with Crippen molar-refractivity contribution in [1.29, 1.82) is 0 Å². The van der Waals surface area contributed by atoms with Crippen LogP contribution in [0.4, 0.5) is 5.82 Å². The maximum absolute atomic E-state index is 5.90. The normalized spacial score (nSPS) is 15.3. The fourth-order valence-electron chi connectivity index (χ4n) is 1.56. The molecule has 0 spiro atoms. The monoisotopic (exact) mass is 231 g/mol. The van der Waals surface area contributed by atoms with Crippen molar-refractivity contribution in [3.05, 3.63) is 46.9 Å². The Morgan fingerprint density at radius 2 is 2.31 bits per heavy atom. The molecule has 1 heterocycles. The summed E-state index contributed by atoms with van der Waals surface area (Å²) in [5, 5.41) is 0. The minimum absolute atomic E-state index is 0.482. The second-order valence-corrected chi connectivity index (χ2v) is 4.06. The molecule has 1 aromatic rings. The summed E-state index contributed by atoms with van der Waals surface area (Å²) in [5.41, 5.74) is 8.18. The van der Waals surface area contributed by atoms with E-state index in [2.05, 4.69) is 24.1 Å². The molecular formula is C12H13N3S. The van der Waals surface area contributed by atoms with Crippen LogP contribution in [0, 0.1) is 4.77 Å². The maximum Gasteiger partial charge on any atom is 0.205 e. The van der Waals surface area contributed by atoms with Gasteiger partial charge in [-0.25, -0.2) is 4.98 Å². The molecule has 0 saturated heterocycles. The van der Waals surface area contributed by atoms with Crippen LogP contribution in [0.5, 0.6) is 0 Å². The Kier molecular flexibility index (Phi) is 3.01. The van der Waals surface area contributed by atoms with E-state index in [1.165, 1.54) is 5.57 Å². The van der Waals surface area contributed by atoms with E-state index in [-0.39, 0.29) is 0 Å². The van der Waals surface area contributed by atoms with Crippen molar-refractivity contribution >= 4 is 23.7 Å². The first kappa shape index (κ1) is 10.8. The molecule has 16 heavy (non-hydrogen) atoms. The maximum atomic E-state index is 5.90. The number of rotatable bonds is 1. The Bertz CT molecular complexity index is 550. The first-order chi connectivity index (χ1) is 7.68. The number of nitrogens with two attached hydrogens (primary N) is 1. The largest absolute Gasteiger partial charge is 0.385 e. The molecule has 0 saturated carbocycles. The van der Waals surface area contributed by atoms with Gasteiger partial charge in [0.2, 0.25) is 4.77 Å². The molecule has 0 unspecified atom stereocenters. The van der Waals surface area contributed by atoms with Crippen molar-refractivity contribution in [3.63, 3.8) is 0 Å². The van der Waals surface area contributed by atoms with Crippen LogP contribution in [-0.2, 0) is 0 Å². The predicted octanol–water partition coefficient (Wildman–Crippen LogP) is 2.94. The number of nitrogens with zero attached hydrogens (tertiary/aromatic N) is 2. The van der Waals surface area contributed by atoms with E-state index >= 15 is 0 Å². The lowest BCUT2D eigenvalue weighted by Crippen LogP contribution is -2.06. The summed E-state index contributed by atoms with van der Waals surface area (Å²) in [6.45, 7) is 2.09. The zero-order chi connectivity index (χ0) is 11.5. The minimum Gasteiger partial charge on any atom is -0.385 e. The molecule has 0 radical (unpaired) electrons. The number of hydrogen-bond acceptors (Lipinski definition) is 3. The molecule has 0 aromatic carbocycles. The fraction of sp³-hybridized carbons (Fsp3) is 0.167. The van der Waals surface area contributed by atoms with Crippen molar-refractivity contribution < 1.29 is 0 Å². The van der Waals surface area contributed by atoms with E-state index in [1.807, 2.05) is 12.2 Å². The number of allylic oxidation sites excluding steroid dienone is 6. The Hall–Kier alpha value is -1.68. The second-order valence-electron chi connectivity index (χ2n) is 3.69. The molecular weight excluding hydrogens is 218 g/mol. The average Bonchev–Trinajstić information content (AvgIpc) is 2.44. The van der Waals surface area contributed by atoms with E-state index in [1.54, 1.807) is 16.8 Å². The summed E-state index contributed by atoms with van der Waals surface area (Å²) >= 11 is 5.17. The number of hydrogen-bond donors (Lipinski definition) is 1. The highest BCUT2D eigenvalue weighted by Gasteiger charge is 2.03. The van der Waals surface area contributed by atoms with E-state index in [4.69, 9.17) is 18.0 Å². The minimum atomic E-state index is 0.482. The van der Waals surface area contributed by atoms with Crippen molar-refractivity contribution in [2.75, 3.05) is 5.73 Å². The highest BCUT2D eigenvalue weighted by atomic mass is 32.1. The highest BCUT2D eigenvalue weighted by molar-refractivity contribution is 7.71. The number of anilines is 1. The average molecular weight is 231 g/mol. The van der Waals surface area contributed by atoms with Gasteiger partial charge in [-0.1, -0.05) is 23.8 Å². The molecule has 82 valence electrons. The van der Waals surface area contributed by atoms with Gasteiger partial charge in [-0.15, -0.1) is 0 Å². The van der Waals surface area contributed by atoms with Crippen LogP contribution in [0.15, 0.2) is 42.1 Å². The zero-order valence-corrected chi connectivity index (χ0v) is 9.87. The fourth-order valence-corrected chi connectivity index (χ4v) is 1.83. The van der Waals surface area contributed by atoms with E-state index < -0.39 is 0 Å². The molecule has 0 atom stereocenters. The Labute approximate surface area is 99.6 Å². The van der Waals surface area contributed by atoms with Crippen LogP contribution in [0.3, 0.4) is 0 Å². The molecule has 2 rings (SSSR count). The third-order valence-corrected chi connectivity index (χ3v) is 2.71. The molecule has 1 aliphatic carbocycles. The van der Waals surface area contributed by atoms with Gasteiger partial charge in [0.25, 0.3) is 0 Å². The number of aromatic nitrogens is 2. The van der Waals surface area contributed by atoms with E-state index in [0.717, 1.165) is 12.1 Å². The van der Waals surface area contributed by atoms with Crippen LogP contribution in [0.25, 0.3) is 5.70 Å². The third-order valence-electron chi connectivity index (χ3n) is 2.42. The molecule has 0 aliphatic heterocycles. The van der Waals surface area contributed by atoms with Gasteiger partial charge in [-0.3, -0.25) is 4.57 Å². The molecule has 1 aliphatic rings. The van der Waals surface area contributed by atoms with E-state index in [9.17, 15) is 0 Å². The quantitative estimate of drug-likeness (QED) is 0.756. The molecule has 1 aromatic heterocycles. The van der Waals surface area contributed by atoms with Gasteiger partial charge in [0.15, 0.2) is 0 Å². The predicted molar refractivity (Wildman–Crippen MR) is 69.3 cm³/mol. The zero-order valence-electron chi connectivity index (χ0n) is 9.05. The van der Waals surface area contributed by atoms with Crippen LogP contribution >= 0.6 is 12.2 Å². The molecule has 0 amide bonds. The summed E-state index contributed by atoms with van der Waals surface area (Å²) in [4.78, 5) is 4.07. The van der Waals surface area contributed by atoms with Crippen LogP contribution in [-0.4, -0.2) is 9.55 Å². The van der Waals surface area contributed by atoms with E-state index in [0.29, 0.717) is 10.6 Å². The van der Waals surface area contributed by atoms with Crippen LogP contribution < -0.4 is 5.73 Å². The van der Waals surface area contributed by atoms with Gasteiger partial charge in [0.05, 0.1) is 0 Å². The molecule has 0 fully saturated rings. The van der Waals surface area contributed by atoms with Crippen molar-refractivity contribution in [2.45, 2.75) is 13.3 Å². The molecule has 0 bridgehead atoms. The van der Waals surface area contributed by atoms with Crippen LogP contribution in [0.2, 0.25) is 0 Å².